The van der Waals surface area contributed by atoms with Crippen LogP contribution in [0.5, 0.6) is 0 Å². The summed E-state index contributed by atoms with van der Waals surface area (Å²) in [6.45, 7) is 7.80. The van der Waals surface area contributed by atoms with Crippen LogP contribution >= 0.6 is 11.8 Å². The molecule has 0 fully saturated rings. The Balaban J connectivity index is 2.03. The first-order valence-electron chi connectivity index (χ1n) is 9.78. The van der Waals surface area contributed by atoms with Gasteiger partial charge in [0, 0.05) is 11.3 Å². The molecule has 4 nitrogen and oxygen atoms in total. The molecule has 0 spiro atoms. The molecule has 2 aromatic carbocycles. The molecule has 1 atom stereocenters. The Morgan fingerprint density at radius 3 is 2.36 bits per heavy atom. The normalized spacial score (nSPS) is 12.1. The number of nitrogens with zero attached hydrogens (tertiary/aromatic N) is 3. The maximum Gasteiger partial charge on any atom is 0.196 e. The molecule has 5 heteroatoms. The van der Waals surface area contributed by atoms with E-state index in [-0.39, 0.29) is 11.0 Å². The molecule has 1 heterocycles. The molecule has 0 amide bonds. The van der Waals surface area contributed by atoms with Crippen molar-refractivity contribution >= 4 is 17.5 Å². The van der Waals surface area contributed by atoms with Crippen LogP contribution in [0.3, 0.4) is 0 Å². The Kier molecular flexibility index (Phi) is 6.68. The lowest BCUT2D eigenvalue weighted by molar-refractivity contribution is -0.116. The number of thioether (sulfide) groups is 1. The Hall–Kier alpha value is -2.40. The SMILES string of the molecule is CCCCc1ccc(-n2c(SC(C)C(C)=O)nnc2-c2ccc(C)cc2)cc1. The number of rotatable bonds is 8. The van der Waals surface area contributed by atoms with Crippen LogP contribution in [-0.4, -0.2) is 25.8 Å². The minimum Gasteiger partial charge on any atom is -0.299 e. The van der Waals surface area contributed by atoms with Crippen LogP contribution in [0.1, 0.15) is 44.7 Å². The number of unbranched alkanes of at least 4 members (excludes halogenated alkanes) is 1. The number of hydrogen-bond acceptors (Lipinski definition) is 4. The second-order valence-electron chi connectivity index (χ2n) is 7.15. The van der Waals surface area contributed by atoms with E-state index in [9.17, 15) is 4.79 Å². The summed E-state index contributed by atoms with van der Waals surface area (Å²) in [5.74, 6) is 0.922. The van der Waals surface area contributed by atoms with Crippen molar-refractivity contribution in [3.63, 3.8) is 0 Å². The molecule has 0 bridgehead atoms. The fourth-order valence-corrected chi connectivity index (χ4v) is 3.77. The van der Waals surface area contributed by atoms with Gasteiger partial charge < -0.3 is 0 Å². The first-order chi connectivity index (χ1) is 13.5. The van der Waals surface area contributed by atoms with Gasteiger partial charge in [0.1, 0.15) is 5.78 Å². The molecule has 0 radical (unpaired) electrons. The molecule has 3 rings (SSSR count). The van der Waals surface area contributed by atoms with E-state index in [4.69, 9.17) is 0 Å². The fraction of sp³-hybridized carbons (Fsp3) is 0.348. The molecule has 0 saturated carbocycles. The lowest BCUT2D eigenvalue weighted by Crippen LogP contribution is -2.10. The molecule has 0 aliphatic rings. The Labute approximate surface area is 171 Å². The minimum absolute atomic E-state index is 0.131. The summed E-state index contributed by atoms with van der Waals surface area (Å²) in [6, 6.07) is 16.9. The molecular formula is C23H27N3OS. The monoisotopic (exact) mass is 393 g/mol. The number of hydrogen-bond donors (Lipinski definition) is 0. The van der Waals surface area contributed by atoms with Crippen LogP contribution < -0.4 is 0 Å². The zero-order valence-corrected chi connectivity index (χ0v) is 17.8. The Bertz CT molecular complexity index is 929. The van der Waals surface area contributed by atoms with Gasteiger partial charge in [-0.1, -0.05) is 67.1 Å². The minimum atomic E-state index is -0.169. The molecule has 28 heavy (non-hydrogen) atoms. The summed E-state index contributed by atoms with van der Waals surface area (Å²) >= 11 is 1.45. The molecule has 0 aliphatic heterocycles. The van der Waals surface area contributed by atoms with Crippen LogP contribution in [0.25, 0.3) is 17.1 Å². The molecule has 0 saturated heterocycles. The highest BCUT2D eigenvalue weighted by molar-refractivity contribution is 8.00. The quantitative estimate of drug-likeness (QED) is 0.464. The largest absolute Gasteiger partial charge is 0.299 e. The van der Waals surface area contributed by atoms with Crippen molar-refractivity contribution in [3.8, 4) is 17.1 Å². The maximum absolute atomic E-state index is 11.8. The van der Waals surface area contributed by atoms with E-state index >= 15 is 0 Å². The van der Waals surface area contributed by atoms with Gasteiger partial charge in [-0.2, -0.15) is 0 Å². The second kappa shape index (κ2) is 9.20. The molecule has 0 N–H and O–H groups in total. The van der Waals surface area contributed by atoms with Crippen molar-refractivity contribution in [2.45, 2.75) is 57.4 Å². The molecular weight excluding hydrogens is 366 g/mol. The average molecular weight is 394 g/mol. The van der Waals surface area contributed by atoms with Crippen LogP contribution in [0, 0.1) is 6.92 Å². The van der Waals surface area contributed by atoms with Gasteiger partial charge in [-0.3, -0.25) is 9.36 Å². The van der Waals surface area contributed by atoms with E-state index in [1.54, 1.807) is 6.92 Å². The highest BCUT2D eigenvalue weighted by atomic mass is 32.2. The third-order valence-electron chi connectivity index (χ3n) is 4.81. The zero-order chi connectivity index (χ0) is 20.1. The van der Waals surface area contributed by atoms with E-state index < -0.39 is 0 Å². The predicted molar refractivity (Wildman–Crippen MR) is 116 cm³/mol. The Morgan fingerprint density at radius 1 is 1.07 bits per heavy atom. The van der Waals surface area contributed by atoms with Crippen molar-refractivity contribution in [2.75, 3.05) is 0 Å². The van der Waals surface area contributed by atoms with Crippen LogP contribution in [0.2, 0.25) is 0 Å². The Morgan fingerprint density at radius 2 is 1.75 bits per heavy atom. The zero-order valence-electron chi connectivity index (χ0n) is 17.0. The van der Waals surface area contributed by atoms with Crippen molar-refractivity contribution in [3.05, 3.63) is 59.7 Å². The number of carbonyl (C=O) groups is 1. The lowest BCUT2D eigenvalue weighted by atomic mass is 10.1. The van der Waals surface area contributed by atoms with Gasteiger partial charge >= 0.3 is 0 Å². The van der Waals surface area contributed by atoms with Crippen LogP contribution in [-0.2, 0) is 11.2 Å². The predicted octanol–water partition coefficient (Wildman–Crippen LogP) is 5.65. The van der Waals surface area contributed by atoms with Gasteiger partial charge in [-0.05, 0) is 51.3 Å². The number of aryl methyl sites for hydroxylation is 2. The van der Waals surface area contributed by atoms with Crippen molar-refractivity contribution in [1.82, 2.24) is 14.8 Å². The summed E-state index contributed by atoms with van der Waals surface area (Å²) in [7, 11) is 0. The molecule has 0 aliphatic carbocycles. The third kappa shape index (κ3) is 4.71. The number of Topliss-reactive ketones (excluding diaryl/α,β-unsaturated/α-hetero) is 1. The summed E-state index contributed by atoms with van der Waals surface area (Å²) in [5, 5.41) is 9.43. The van der Waals surface area contributed by atoms with Gasteiger partial charge in [0.05, 0.1) is 5.25 Å². The van der Waals surface area contributed by atoms with Gasteiger partial charge in [0.2, 0.25) is 0 Å². The number of ketones is 1. The fourth-order valence-electron chi connectivity index (χ4n) is 2.90. The first-order valence-corrected chi connectivity index (χ1v) is 10.7. The second-order valence-corrected chi connectivity index (χ2v) is 8.46. The van der Waals surface area contributed by atoms with Crippen molar-refractivity contribution in [2.24, 2.45) is 0 Å². The summed E-state index contributed by atoms with van der Waals surface area (Å²) < 4.78 is 2.05. The van der Waals surface area contributed by atoms with Gasteiger partial charge in [-0.25, -0.2) is 0 Å². The summed E-state index contributed by atoms with van der Waals surface area (Å²) in [4.78, 5) is 11.8. The lowest BCUT2D eigenvalue weighted by Gasteiger charge is -2.13. The highest BCUT2D eigenvalue weighted by Crippen LogP contribution is 2.30. The standard InChI is InChI=1S/C23H27N3OS/c1-5-6-7-19-10-14-21(15-11-19)26-22(20-12-8-16(2)9-13-20)24-25-23(26)28-18(4)17(3)27/h8-15,18H,5-7H2,1-4H3. The first kappa shape index (κ1) is 20.3. The molecule has 3 aromatic rings. The summed E-state index contributed by atoms with van der Waals surface area (Å²) in [5.41, 5.74) is 4.56. The van der Waals surface area contributed by atoms with Gasteiger partial charge in [0.15, 0.2) is 11.0 Å². The van der Waals surface area contributed by atoms with Crippen LogP contribution in [0.4, 0.5) is 0 Å². The summed E-state index contributed by atoms with van der Waals surface area (Å²) in [6.07, 6.45) is 3.47. The average Bonchev–Trinajstić information content (AvgIpc) is 3.10. The van der Waals surface area contributed by atoms with Crippen molar-refractivity contribution < 1.29 is 4.79 Å². The van der Waals surface area contributed by atoms with E-state index in [2.05, 4.69) is 77.1 Å². The number of aromatic nitrogens is 3. The molecule has 146 valence electrons. The van der Waals surface area contributed by atoms with Gasteiger partial charge in [-0.15, -0.1) is 10.2 Å². The van der Waals surface area contributed by atoms with E-state index in [1.807, 2.05) is 6.92 Å². The number of carbonyl (C=O) groups excluding carboxylic acids is 1. The van der Waals surface area contributed by atoms with Crippen LogP contribution in [0.15, 0.2) is 53.7 Å². The third-order valence-corrected chi connectivity index (χ3v) is 5.97. The van der Waals surface area contributed by atoms with Crippen molar-refractivity contribution in [1.29, 1.82) is 0 Å². The van der Waals surface area contributed by atoms with E-state index in [1.165, 1.54) is 35.7 Å². The topological polar surface area (TPSA) is 47.8 Å². The smallest absolute Gasteiger partial charge is 0.196 e. The molecule has 1 aromatic heterocycles. The number of benzene rings is 2. The van der Waals surface area contributed by atoms with Gasteiger partial charge in [0.25, 0.3) is 0 Å². The van der Waals surface area contributed by atoms with E-state index in [0.29, 0.717) is 0 Å². The van der Waals surface area contributed by atoms with E-state index in [0.717, 1.165) is 28.7 Å². The highest BCUT2D eigenvalue weighted by Gasteiger charge is 2.20. The maximum atomic E-state index is 11.8. The molecule has 1 unspecified atom stereocenters.